The Bertz CT molecular complexity index is 327. The molecule has 0 heterocycles. The lowest BCUT2D eigenvalue weighted by atomic mass is 10.2. The third-order valence-electron chi connectivity index (χ3n) is 2.36. The normalized spacial score (nSPS) is 14.9. The lowest BCUT2D eigenvalue weighted by Crippen LogP contribution is -2.15. The summed E-state index contributed by atoms with van der Waals surface area (Å²) in [7, 11) is 1.80. The number of hydrogen-bond donors (Lipinski definition) is 1. The molecule has 0 aromatic rings. The van der Waals surface area contributed by atoms with Crippen molar-refractivity contribution in [3.8, 4) is 0 Å². The molecule has 1 N–H and O–H groups in total. The zero-order chi connectivity index (χ0) is 11.8. The van der Waals surface area contributed by atoms with Gasteiger partial charge in [-0.3, -0.25) is 0 Å². The summed E-state index contributed by atoms with van der Waals surface area (Å²) < 4.78 is 5.13. The highest BCUT2D eigenvalue weighted by atomic mass is 16.5. The summed E-state index contributed by atoms with van der Waals surface area (Å²) in [6.45, 7) is 2.47. The smallest absolute Gasteiger partial charge is 0.340 e. The van der Waals surface area contributed by atoms with Crippen molar-refractivity contribution in [2.45, 2.75) is 26.2 Å². The number of allylic oxidation sites excluding steroid dienone is 3. The highest BCUT2D eigenvalue weighted by Crippen LogP contribution is 2.17. The molecule has 1 aliphatic rings. The molecule has 0 atom stereocenters. The van der Waals surface area contributed by atoms with Crippen LogP contribution in [-0.4, -0.2) is 19.6 Å². The molecule has 3 nitrogen and oxygen atoms in total. The SMILES string of the molecule is CCC/C=C/COC(=O)C1=CCC=C1NC. The second kappa shape index (κ2) is 6.88. The summed E-state index contributed by atoms with van der Waals surface area (Å²) >= 11 is 0. The fraction of sp³-hybridized carbons (Fsp3) is 0.462. The van der Waals surface area contributed by atoms with Crippen molar-refractivity contribution in [3.05, 3.63) is 35.6 Å². The monoisotopic (exact) mass is 221 g/mol. The first-order valence-corrected chi connectivity index (χ1v) is 5.70. The zero-order valence-electron chi connectivity index (χ0n) is 9.95. The van der Waals surface area contributed by atoms with Crippen molar-refractivity contribution in [2.75, 3.05) is 13.7 Å². The van der Waals surface area contributed by atoms with E-state index in [0.717, 1.165) is 25.0 Å². The third kappa shape index (κ3) is 3.57. The molecule has 1 aliphatic carbocycles. The van der Waals surface area contributed by atoms with E-state index in [-0.39, 0.29) is 5.97 Å². The number of likely N-dealkylation sites (N-methyl/N-ethyl adjacent to an activating group) is 1. The van der Waals surface area contributed by atoms with Gasteiger partial charge in [-0.1, -0.05) is 37.6 Å². The Kier molecular flexibility index (Phi) is 5.40. The van der Waals surface area contributed by atoms with Crippen molar-refractivity contribution >= 4 is 5.97 Å². The summed E-state index contributed by atoms with van der Waals surface area (Å²) in [5, 5.41) is 2.98. The van der Waals surface area contributed by atoms with E-state index in [1.165, 1.54) is 0 Å². The number of hydrogen-bond acceptors (Lipinski definition) is 3. The predicted molar refractivity (Wildman–Crippen MR) is 64.8 cm³/mol. The van der Waals surface area contributed by atoms with E-state index in [0.29, 0.717) is 12.2 Å². The molecule has 0 fully saturated rings. The molecule has 0 aromatic heterocycles. The molecule has 0 unspecified atom stereocenters. The van der Waals surface area contributed by atoms with Crippen LogP contribution in [0.25, 0.3) is 0 Å². The maximum Gasteiger partial charge on any atom is 0.340 e. The number of unbranched alkanes of at least 4 members (excludes halogenated alkanes) is 1. The molecule has 0 saturated carbocycles. The molecule has 88 valence electrons. The van der Waals surface area contributed by atoms with Gasteiger partial charge in [0.2, 0.25) is 0 Å². The largest absolute Gasteiger partial charge is 0.458 e. The van der Waals surface area contributed by atoms with E-state index < -0.39 is 0 Å². The van der Waals surface area contributed by atoms with Gasteiger partial charge in [0.15, 0.2) is 0 Å². The van der Waals surface area contributed by atoms with Crippen molar-refractivity contribution in [1.82, 2.24) is 5.32 Å². The summed E-state index contributed by atoms with van der Waals surface area (Å²) in [6, 6.07) is 0. The Balaban J connectivity index is 2.33. The van der Waals surface area contributed by atoms with Gasteiger partial charge in [-0.25, -0.2) is 4.79 Å². The maximum atomic E-state index is 11.6. The number of carbonyl (C=O) groups excluding carboxylic acids is 1. The van der Waals surface area contributed by atoms with Gasteiger partial charge in [-0.2, -0.15) is 0 Å². The fourth-order valence-corrected chi connectivity index (χ4v) is 1.50. The first-order chi connectivity index (χ1) is 7.79. The van der Waals surface area contributed by atoms with Crippen LogP contribution in [0.15, 0.2) is 35.6 Å². The zero-order valence-corrected chi connectivity index (χ0v) is 9.95. The number of rotatable bonds is 6. The molecule has 0 aliphatic heterocycles. The number of nitrogens with one attached hydrogen (secondary N) is 1. The summed E-state index contributed by atoms with van der Waals surface area (Å²) in [6.07, 6.45) is 10.7. The van der Waals surface area contributed by atoms with E-state index in [1.54, 1.807) is 7.05 Å². The van der Waals surface area contributed by atoms with Gasteiger partial charge in [0.05, 0.1) is 5.57 Å². The molecule has 0 aromatic carbocycles. The first kappa shape index (κ1) is 12.6. The Labute approximate surface area is 96.9 Å². The van der Waals surface area contributed by atoms with Crippen LogP contribution in [0.3, 0.4) is 0 Å². The Morgan fingerprint density at radius 1 is 1.50 bits per heavy atom. The van der Waals surface area contributed by atoms with Crippen LogP contribution < -0.4 is 5.32 Å². The highest BCUT2D eigenvalue weighted by Gasteiger charge is 2.17. The average molecular weight is 221 g/mol. The molecule has 0 saturated heterocycles. The van der Waals surface area contributed by atoms with Gasteiger partial charge < -0.3 is 10.1 Å². The van der Waals surface area contributed by atoms with Crippen LogP contribution >= 0.6 is 0 Å². The van der Waals surface area contributed by atoms with Gasteiger partial charge in [0, 0.05) is 12.7 Å². The first-order valence-electron chi connectivity index (χ1n) is 5.70. The molecule has 0 bridgehead atoms. The molecule has 0 spiro atoms. The van der Waals surface area contributed by atoms with Crippen LogP contribution in [0.1, 0.15) is 26.2 Å². The summed E-state index contributed by atoms with van der Waals surface area (Å²) in [4.78, 5) is 11.6. The van der Waals surface area contributed by atoms with Crippen molar-refractivity contribution < 1.29 is 9.53 Å². The number of esters is 1. The third-order valence-corrected chi connectivity index (χ3v) is 2.36. The van der Waals surface area contributed by atoms with Crippen molar-refractivity contribution in [3.63, 3.8) is 0 Å². The Morgan fingerprint density at radius 3 is 3.00 bits per heavy atom. The minimum Gasteiger partial charge on any atom is -0.458 e. The molecular formula is C13H19NO2. The fourth-order valence-electron chi connectivity index (χ4n) is 1.50. The van der Waals surface area contributed by atoms with Crippen LogP contribution in [-0.2, 0) is 9.53 Å². The van der Waals surface area contributed by atoms with Gasteiger partial charge in [0.25, 0.3) is 0 Å². The average Bonchev–Trinajstić information content (AvgIpc) is 2.76. The summed E-state index contributed by atoms with van der Waals surface area (Å²) in [5.74, 6) is -0.251. The Morgan fingerprint density at radius 2 is 2.31 bits per heavy atom. The number of carbonyl (C=O) groups is 1. The van der Waals surface area contributed by atoms with E-state index in [9.17, 15) is 4.79 Å². The topological polar surface area (TPSA) is 38.3 Å². The minimum absolute atomic E-state index is 0.251. The van der Waals surface area contributed by atoms with Gasteiger partial charge in [-0.15, -0.1) is 0 Å². The van der Waals surface area contributed by atoms with Crippen LogP contribution in [0.2, 0.25) is 0 Å². The predicted octanol–water partition coefficient (Wildman–Crippen LogP) is 2.32. The minimum atomic E-state index is -0.251. The van der Waals surface area contributed by atoms with Crippen LogP contribution in [0.5, 0.6) is 0 Å². The number of ether oxygens (including phenoxy) is 1. The van der Waals surface area contributed by atoms with E-state index in [4.69, 9.17) is 4.74 Å². The lowest BCUT2D eigenvalue weighted by Gasteiger charge is -2.06. The molecule has 1 rings (SSSR count). The van der Waals surface area contributed by atoms with E-state index in [1.807, 2.05) is 24.3 Å². The molecule has 0 radical (unpaired) electrons. The molecular weight excluding hydrogens is 202 g/mol. The van der Waals surface area contributed by atoms with Gasteiger partial charge in [-0.05, 0) is 12.8 Å². The lowest BCUT2D eigenvalue weighted by molar-refractivity contribution is -0.137. The molecule has 16 heavy (non-hydrogen) atoms. The summed E-state index contributed by atoms with van der Waals surface area (Å²) in [5.41, 5.74) is 1.51. The molecule has 3 heteroatoms. The maximum absolute atomic E-state index is 11.6. The quantitative estimate of drug-likeness (QED) is 0.552. The van der Waals surface area contributed by atoms with Crippen molar-refractivity contribution in [2.24, 2.45) is 0 Å². The Hall–Kier alpha value is -1.51. The van der Waals surface area contributed by atoms with E-state index >= 15 is 0 Å². The van der Waals surface area contributed by atoms with Crippen LogP contribution in [0.4, 0.5) is 0 Å². The van der Waals surface area contributed by atoms with Gasteiger partial charge in [0.1, 0.15) is 6.61 Å². The van der Waals surface area contributed by atoms with Crippen LogP contribution in [0, 0.1) is 0 Å². The standard InChI is InChI=1S/C13H19NO2/c1-3-4-5-6-10-16-13(15)11-8-7-9-12(11)14-2/h5-6,8-9,14H,3-4,7,10H2,1-2H3/b6-5+. The molecule has 0 amide bonds. The second-order valence-electron chi connectivity index (χ2n) is 3.58. The highest BCUT2D eigenvalue weighted by molar-refractivity contribution is 5.94. The van der Waals surface area contributed by atoms with Crippen molar-refractivity contribution in [1.29, 1.82) is 0 Å². The van der Waals surface area contributed by atoms with Gasteiger partial charge >= 0.3 is 5.97 Å². The van der Waals surface area contributed by atoms with E-state index in [2.05, 4.69) is 12.2 Å². The second-order valence-corrected chi connectivity index (χ2v) is 3.58.